The summed E-state index contributed by atoms with van der Waals surface area (Å²) in [6, 6.07) is 5.64. The number of anilines is 1. The Morgan fingerprint density at radius 1 is 1.42 bits per heavy atom. The van der Waals surface area contributed by atoms with E-state index in [4.69, 9.17) is 16.3 Å². The summed E-state index contributed by atoms with van der Waals surface area (Å²) in [6.45, 7) is 7.87. The number of carbonyl (C=O) groups is 1. The number of nitrogens with one attached hydrogen (secondary N) is 1. The van der Waals surface area contributed by atoms with Crippen molar-refractivity contribution in [3.8, 4) is 5.75 Å². The lowest BCUT2D eigenvalue weighted by molar-refractivity contribution is 0.102. The number of ether oxygens (including phenoxy) is 1. The summed E-state index contributed by atoms with van der Waals surface area (Å²) in [5, 5.41) is 7.41. The molecule has 0 fully saturated rings. The molecule has 1 aromatic carbocycles. The zero-order chi connectivity index (χ0) is 17.9. The van der Waals surface area contributed by atoms with E-state index >= 15 is 0 Å². The van der Waals surface area contributed by atoms with Crippen LogP contribution in [0, 0.1) is 13.8 Å². The zero-order valence-electron chi connectivity index (χ0n) is 14.8. The molecule has 1 aromatic heterocycles. The second-order valence-corrected chi connectivity index (χ2v) is 6.33. The summed E-state index contributed by atoms with van der Waals surface area (Å²) in [5.74, 6) is 0.509. The van der Waals surface area contributed by atoms with Crippen LogP contribution in [0.5, 0.6) is 5.75 Å². The number of halogens is 1. The number of rotatable bonds is 6. The van der Waals surface area contributed by atoms with Crippen LogP contribution in [0.2, 0.25) is 5.15 Å². The molecule has 1 amide bonds. The van der Waals surface area contributed by atoms with Crippen LogP contribution in [-0.2, 0) is 7.05 Å². The number of nitrogens with zero attached hydrogens (tertiary/aromatic N) is 2. The third kappa shape index (κ3) is 3.90. The van der Waals surface area contributed by atoms with Crippen molar-refractivity contribution in [3.63, 3.8) is 0 Å². The summed E-state index contributed by atoms with van der Waals surface area (Å²) in [6.07, 6.45) is 2.19. The minimum Gasteiger partial charge on any atom is -0.490 e. The first-order valence-electron chi connectivity index (χ1n) is 8.11. The molecule has 2 aromatic rings. The molecule has 0 saturated heterocycles. The maximum atomic E-state index is 12.6. The molecule has 2 rings (SSSR count). The number of carbonyl (C=O) groups excluding carboxylic acids is 1. The van der Waals surface area contributed by atoms with Crippen LogP contribution in [0.25, 0.3) is 0 Å². The number of aromatic nitrogens is 2. The minimum absolute atomic E-state index is 0.134. The van der Waals surface area contributed by atoms with Gasteiger partial charge < -0.3 is 10.1 Å². The van der Waals surface area contributed by atoms with Crippen LogP contribution >= 0.6 is 11.6 Å². The van der Waals surface area contributed by atoms with Gasteiger partial charge in [0.15, 0.2) is 0 Å². The van der Waals surface area contributed by atoms with Crippen molar-refractivity contribution in [1.29, 1.82) is 0 Å². The van der Waals surface area contributed by atoms with Gasteiger partial charge in [-0.05, 0) is 39.3 Å². The lowest BCUT2D eigenvalue weighted by Gasteiger charge is -2.18. The largest absolute Gasteiger partial charge is 0.490 e. The predicted octanol–water partition coefficient (Wildman–Crippen LogP) is 4.51. The molecule has 0 aliphatic rings. The molecule has 0 bridgehead atoms. The van der Waals surface area contributed by atoms with Crippen molar-refractivity contribution in [1.82, 2.24) is 9.78 Å². The monoisotopic (exact) mass is 349 g/mol. The van der Waals surface area contributed by atoms with Gasteiger partial charge in [0.05, 0.1) is 17.4 Å². The molecule has 24 heavy (non-hydrogen) atoms. The molecule has 0 spiro atoms. The standard InChI is InChI=1S/C18H24ClN3O2/c1-6-8-11(2)24-15-10-7-9-14(12(15)3)20-18(23)16-13(4)21-22(5)17(16)19/h7,9-11H,6,8H2,1-5H3,(H,20,23). The number of hydrogen-bond donors (Lipinski definition) is 1. The van der Waals surface area contributed by atoms with E-state index in [0.717, 1.165) is 24.2 Å². The molecular weight excluding hydrogens is 326 g/mol. The highest BCUT2D eigenvalue weighted by atomic mass is 35.5. The fourth-order valence-electron chi connectivity index (χ4n) is 2.63. The minimum atomic E-state index is -0.271. The molecule has 1 atom stereocenters. The van der Waals surface area contributed by atoms with Crippen LogP contribution in [0.15, 0.2) is 18.2 Å². The summed E-state index contributed by atoms with van der Waals surface area (Å²) in [5.41, 5.74) is 2.60. The van der Waals surface area contributed by atoms with Crippen molar-refractivity contribution in [2.24, 2.45) is 7.05 Å². The van der Waals surface area contributed by atoms with Crippen molar-refractivity contribution < 1.29 is 9.53 Å². The lowest BCUT2D eigenvalue weighted by atomic mass is 10.1. The first kappa shape index (κ1) is 18.3. The molecular formula is C18H24ClN3O2. The van der Waals surface area contributed by atoms with Crippen molar-refractivity contribution in [2.45, 2.75) is 46.6 Å². The van der Waals surface area contributed by atoms with Crippen LogP contribution in [-0.4, -0.2) is 21.8 Å². The van der Waals surface area contributed by atoms with Gasteiger partial charge in [-0.25, -0.2) is 0 Å². The predicted molar refractivity (Wildman–Crippen MR) is 97.1 cm³/mol. The first-order valence-corrected chi connectivity index (χ1v) is 8.49. The Hall–Kier alpha value is -2.01. The Bertz CT molecular complexity index is 740. The van der Waals surface area contributed by atoms with Gasteiger partial charge in [-0.3, -0.25) is 9.48 Å². The van der Waals surface area contributed by atoms with Gasteiger partial charge in [-0.1, -0.05) is 31.0 Å². The maximum absolute atomic E-state index is 12.6. The molecule has 0 radical (unpaired) electrons. The Morgan fingerprint density at radius 2 is 2.12 bits per heavy atom. The highest BCUT2D eigenvalue weighted by Crippen LogP contribution is 2.28. The number of benzene rings is 1. The summed E-state index contributed by atoms with van der Waals surface area (Å²) in [7, 11) is 1.71. The normalized spacial score (nSPS) is 12.1. The van der Waals surface area contributed by atoms with Crippen molar-refractivity contribution in [2.75, 3.05) is 5.32 Å². The van der Waals surface area contributed by atoms with Gasteiger partial charge in [0.2, 0.25) is 0 Å². The smallest absolute Gasteiger partial charge is 0.260 e. The Kier molecular flexibility index (Phi) is 5.89. The molecule has 0 saturated carbocycles. The van der Waals surface area contributed by atoms with Gasteiger partial charge in [0.1, 0.15) is 10.9 Å². The fraction of sp³-hybridized carbons (Fsp3) is 0.444. The second kappa shape index (κ2) is 7.71. The van der Waals surface area contributed by atoms with Gasteiger partial charge in [-0.15, -0.1) is 0 Å². The third-order valence-electron chi connectivity index (χ3n) is 3.93. The van der Waals surface area contributed by atoms with Crippen LogP contribution in [0.1, 0.15) is 48.3 Å². The summed E-state index contributed by atoms with van der Waals surface area (Å²) in [4.78, 5) is 12.6. The molecule has 1 N–H and O–H groups in total. The molecule has 6 heteroatoms. The van der Waals surface area contributed by atoms with Crippen LogP contribution in [0.4, 0.5) is 5.69 Å². The Morgan fingerprint density at radius 3 is 2.71 bits per heavy atom. The van der Waals surface area contributed by atoms with E-state index in [1.165, 1.54) is 4.68 Å². The zero-order valence-corrected chi connectivity index (χ0v) is 15.6. The van der Waals surface area contributed by atoms with E-state index < -0.39 is 0 Å². The molecule has 0 aliphatic heterocycles. The van der Waals surface area contributed by atoms with Gasteiger partial charge >= 0.3 is 0 Å². The molecule has 130 valence electrons. The summed E-state index contributed by atoms with van der Waals surface area (Å²) < 4.78 is 7.46. The maximum Gasteiger partial charge on any atom is 0.260 e. The molecule has 1 heterocycles. The van der Waals surface area contributed by atoms with E-state index in [-0.39, 0.29) is 12.0 Å². The molecule has 5 nitrogen and oxygen atoms in total. The molecule has 1 unspecified atom stereocenters. The van der Waals surface area contributed by atoms with Crippen molar-refractivity contribution >= 4 is 23.2 Å². The van der Waals surface area contributed by atoms with Gasteiger partial charge in [0, 0.05) is 18.3 Å². The average molecular weight is 350 g/mol. The molecule has 0 aliphatic carbocycles. The van der Waals surface area contributed by atoms with E-state index in [2.05, 4.69) is 17.3 Å². The highest BCUT2D eigenvalue weighted by Gasteiger charge is 2.20. The second-order valence-electron chi connectivity index (χ2n) is 5.97. The fourth-order valence-corrected chi connectivity index (χ4v) is 2.89. The lowest BCUT2D eigenvalue weighted by Crippen LogP contribution is -2.15. The van der Waals surface area contributed by atoms with Crippen LogP contribution < -0.4 is 10.1 Å². The number of hydrogen-bond acceptors (Lipinski definition) is 3. The van der Waals surface area contributed by atoms with Crippen molar-refractivity contribution in [3.05, 3.63) is 40.2 Å². The highest BCUT2D eigenvalue weighted by molar-refractivity contribution is 6.33. The van der Waals surface area contributed by atoms with Gasteiger partial charge in [0.25, 0.3) is 5.91 Å². The third-order valence-corrected chi connectivity index (χ3v) is 4.37. The number of aryl methyl sites for hydroxylation is 2. The van der Waals surface area contributed by atoms with Gasteiger partial charge in [-0.2, -0.15) is 5.10 Å². The number of amides is 1. The van der Waals surface area contributed by atoms with E-state index in [1.54, 1.807) is 14.0 Å². The Labute approximate surface area is 148 Å². The topological polar surface area (TPSA) is 56.1 Å². The Balaban J connectivity index is 2.22. The first-order chi connectivity index (χ1) is 11.3. The van der Waals surface area contributed by atoms with Crippen LogP contribution in [0.3, 0.4) is 0 Å². The van der Waals surface area contributed by atoms with E-state index in [1.807, 2.05) is 32.0 Å². The van der Waals surface area contributed by atoms with E-state index in [0.29, 0.717) is 22.1 Å². The SMILES string of the molecule is CCCC(C)Oc1cccc(NC(=O)c2c(C)nn(C)c2Cl)c1C. The summed E-state index contributed by atoms with van der Waals surface area (Å²) >= 11 is 6.16. The quantitative estimate of drug-likeness (QED) is 0.834. The van der Waals surface area contributed by atoms with E-state index in [9.17, 15) is 4.79 Å². The average Bonchev–Trinajstić information content (AvgIpc) is 2.76.